The summed E-state index contributed by atoms with van der Waals surface area (Å²) in [5.74, 6) is 0.0613. The Morgan fingerprint density at radius 2 is 1.65 bits per heavy atom. The van der Waals surface area contributed by atoms with E-state index in [1.807, 2.05) is 42.5 Å². The van der Waals surface area contributed by atoms with Gasteiger partial charge >= 0.3 is 88.4 Å². The summed E-state index contributed by atoms with van der Waals surface area (Å²) in [7, 11) is 0. The number of benzene rings is 3. The number of hydrogen-bond acceptors (Lipinski definition) is 9. The van der Waals surface area contributed by atoms with E-state index < -0.39 is 14.2 Å². The van der Waals surface area contributed by atoms with Crippen LogP contribution in [-0.2, 0) is 19.0 Å². The number of fused-ring (bicyclic) bond motifs is 1. The number of nitrogens with one attached hydrogen (secondary N) is 1. The van der Waals surface area contributed by atoms with Crippen molar-refractivity contribution in [3.63, 3.8) is 0 Å². The summed E-state index contributed by atoms with van der Waals surface area (Å²) in [5.41, 5.74) is 5.28. The van der Waals surface area contributed by atoms with Crippen LogP contribution in [0.1, 0.15) is 18.1 Å². The SMILES string of the molecule is CC(=O)Nc1ccccc1[As](=O)(O)OO.Cc1ccc(-c2cnc3ncnc(OCc4ccccc4)c3n2)cc1. The molecule has 40 heavy (non-hydrogen) atoms. The molecule has 0 spiro atoms. The third kappa shape index (κ3) is 7.37. The molecule has 0 bridgehead atoms. The van der Waals surface area contributed by atoms with E-state index in [1.54, 1.807) is 12.3 Å². The Hall–Kier alpha value is -4.41. The Morgan fingerprint density at radius 1 is 0.950 bits per heavy atom. The maximum Gasteiger partial charge on any atom is 0.245 e. The van der Waals surface area contributed by atoms with E-state index in [0.29, 0.717) is 23.7 Å². The van der Waals surface area contributed by atoms with Crippen molar-refractivity contribution in [2.24, 2.45) is 0 Å². The maximum atomic E-state index is 11.4. The largest absolute Gasteiger partial charge is 0.471 e. The second-order valence-electron chi connectivity index (χ2n) is 8.55. The number of aromatic nitrogens is 4. The number of rotatable bonds is 7. The Bertz CT molecular complexity index is 1650. The van der Waals surface area contributed by atoms with Crippen LogP contribution in [0.4, 0.5) is 5.69 Å². The van der Waals surface area contributed by atoms with Crippen molar-refractivity contribution in [1.82, 2.24) is 19.9 Å². The molecule has 2 heterocycles. The summed E-state index contributed by atoms with van der Waals surface area (Å²) >= 11 is -4.92. The molecular weight excluding hydrogens is 577 g/mol. The van der Waals surface area contributed by atoms with Gasteiger partial charge in [0.05, 0.1) is 11.9 Å². The van der Waals surface area contributed by atoms with Crippen molar-refractivity contribution in [2.75, 3.05) is 5.32 Å². The van der Waals surface area contributed by atoms with Crippen LogP contribution in [0.3, 0.4) is 0 Å². The fourth-order valence-corrected chi connectivity index (χ4v) is 5.24. The van der Waals surface area contributed by atoms with Crippen LogP contribution in [0.25, 0.3) is 22.4 Å². The predicted octanol–water partition coefficient (Wildman–Crippen LogP) is 3.68. The first-order valence-corrected chi connectivity index (χ1v) is 15.3. The average Bonchev–Trinajstić information content (AvgIpc) is 2.97. The van der Waals surface area contributed by atoms with Crippen molar-refractivity contribution in [3.8, 4) is 17.1 Å². The van der Waals surface area contributed by atoms with Crippen molar-refractivity contribution < 1.29 is 26.5 Å². The molecule has 0 saturated carbocycles. The molecule has 0 saturated heterocycles. The second-order valence-corrected chi connectivity index (χ2v) is 12.1. The van der Waals surface area contributed by atoms with Crippen molar-refractivity contribution >= 4 is 41.3 Å². The molecule has 2 aromatic heterocycles. The molecule has 1 atom stereocenters. The zero-order chi connectivity index (χ0) is 28.5. The minimum absolute atomic E-state index is 0.103. The normalized spacial score (nSPS) is 12.1. The molecular formula is C28H26AsN5O6. The number of anilines is 1. The number of ether oxygens (including phenoxy) is 1. The maximum absolute atomic E-state index is 11.4. The molecule has 0 aliphatic carbocycles. The predicted molar refractivity (Wildman–Crippen MR) is 149 cm³/mol. The van der Waals surface area contributed by atoms with E-state index in [0.717, 1.165) is 16.8 Å². The van der Waals surface area contributed by atoms with Crippen molar-refractivity contribution in [3.05, 3.63) is 103 Å². The quantitative estimate of drug-likeness (QED) is 0.142. The van der Waals surface area contributed by atoms with Crippen molar-refractivity contribution in [2.45, 2.75) is 20.5 Å². The van der Waals surface area contributed by atoms with Gasteiger partial charge in [0.2, 0.25) is 5.88 Å². The van der Waals surface area contributed by atoms with E-state index in [-0.39, 0.29) is 15.9 Å². The number of hydrogen-bond donors (Lipinski definition) is 3. The van der Waals surface area contributed by atoms with Gasteiger partial charge in [0, 0.05) is 5.56 Å². The van der Waals surface area contributed by atoms with Gasteiger partial charge in [-0.25, -0.2) is 15.0 Å². The van der Waals surface area contributed by atoms with Gasteiger partial charge in [0.1, 0.15) is 12.9 Å². The van der Waals surface area contributed by atoms with E-state index in [4.69, 9.17) is 9.99 Å². The van der Waals surface area contributed by atoms with Crippen LogP contribution in [0.5, 0.6) is 5.88 Å². The van der Waals surface area contributed by atoms with Crippen LogP contribution < -0.4 is 14.4 Å². The number of carbonyl (C=O) groups is 1. The van der Waals surface area contributed by atoms with Gasteiger partial charge in [-0.3, -0.25) is 0 Å². The van der Waals surface area contributed by atoms with Gasteiger partial charge in [0.25, 0.3) is 0 Å². The third-order valence-corrected chi connectivity index (χ3v) is 8.07. The molecule has 11 nitrogen and oxygen atoms in total. The summed E-state index contributed by atoms with van der Waals surface area (Å²) in [5, 5.41) is 10.7. The molecule has 204 valence electrons. The summed E-state index contributed by atoms with van der Waals surface area (Å²) in [4.78, 5) is 28.3. The number of amides is 1. The summed E-state index contributed by atoms with van der Waals surface area (Å²) in [6.07, 6.45) is 3.17. The van der Waals surface area contributed by atoms with Gasteiger partial charge in [-0.15, -0.1) is 0 Å². The minimum atomic E-state index is -4.92. The van der Waals surface area contributed by atoms with Gasteiger partial charge in [-0.2, -0.15) is 4.98 Å². The fourth-order valence-electron chi connectivity index (χ4n) is 3.57. The van der Waals surface area contributed by atoms with Crippen molar-refractivity contribution in [1.29, 1.82) is 0 Å². The van der Waals surface area contributed by atoms with Crippen LogP contribution in [0, 0.1) is 6.92 Å². The second kappa shape index (κ2) is 13.1. The molecule has 5 rings (SSSR count). The monoisotopic (exact) mass is 603 g/mol. The van der Waals surface area contributed by atoms with Crippen LogP contribution in [-0.4, -0.2) is 49.4 Å². The number of para-hydroxylation sites is 1. The van der Waals surface area contributed by atoms with Crippen LogP contribution in [0.15, 0.2) is 91.4 Å². The van der Waals surface area contributed by atoms with Crippen LogP contribution in [0.2, 0.25) is 0 Å². The van der Waals surface area contributed by atoms with E-state index in [1.165, 1.54) is 37.0 Å². The minimum Gasteiger partial charge on any atom is -0.471 e. The number of carbonyl (C=O) groups excluding carboxylic acids is 1. The zero-order valence-electron chi connectivity index (χ0n) is 21.6. The van der Waals surface area contributed by atoms with Gasteiger partial charge < -0.3 is 4.74 Å². The molecule has 0 aliphatic heterocycles. The van der Waals surface area contributed by atoms with E-state index in [9.17, 15) is 12.6 Å². The Labute approximate surface area is 232 Å². The first-order chi connectivity index (χ1) is 19.3. The fraction of sp³-hybridized carbons (Fsp3) is 0.107. The first kappa shape index (κ1) is 28.6. The van der Waals surface area contributed by atoms with E-state index >= 15 is 0 Å². The zero-order valence-corrected chi connectivity index (χ0v) is 23.5. The average molecular weight is 603 g/mol. The van der Waals surface area contributed by atoms with Crippen LogP contribution >= 0.6 is 0 Å². The smallest absolute Gasteiger partial charge is 0.245 e. The first-order valence-electron chi connectivity index (χ1n) is 12.0. The Morgan fingerprint density at radius 3 is 2.35 bits per heavy atom. The summed E-state index contributed by atoms with van der Waals surface area (Å²) in [6.45, 7) is 3.74. The summed E-state index contributed by atoms with van der Waals surface area (Å²) in [6, 6.07) is 23.9. The van der Waals surface area contributed by atoms with Gasteiger partial charge in [0.15, 0.2) is 11.2 Å². The molecule has 1 amide bonds. The molecule has 0 radical (unpaired) electrons. The third-order valence-electron chi connectivity index (χ3n) is 5.51. The number of nitrogens with zero attached hydrogens (tertiary/aromatic N) is 4. The Kier molecular flexibility index (Phi) is 9.36. The molecule has 0 fully saturated rings. The molecule has 5 aromatic rings. The molecule has 3 N–H and O–H groups in total. The number of aryl methyl sites for hydroxylation is 1. The Balaban J connectivity index is 0.000000212. The molecule has 1 unspecified atom stereocenters. The standard InChI is InChI=1S/C20H16N4O.C8H10AsNO5/c1-14-7-9-16(10-8-14)17-11-21-19-18(24-17)20(23-13-22-19)25-12-15-5-3-2-4-6-15;1-6(11)10-8-5-3-2-4-7(8)9(12,13)15-14/h2-11,13H,12H2,1H3;2-5,14H,1H3,(H,10,11)(H,12,13). The molecule has 3 aromatic carbocycles. The topological polar surface area (TPSA) is 157 Å². The van der Waals surface area contributed by atoms with Gasteiger partial charge in [-0.1, -0.05) is 60.2 Å². The van der Waals surface area contributed by atoms with E-state index in [2.05, 4.69) is 48.2 Å². The summed E-state index contributed by atoms with van der Waals surface area (Å²) < 4.78 is 30.0. The molecule has 12 heteroatoms. The van der Waals surface area contributed by atoms with Gasteiger partial charge in [-0.05, 0) is 12.5 Å². The molecule has 0 aliphatic rings.